The minimum Gasteiger partial charge on any atom is -0.379 e. The maximum Gasteiger partial charge on any atom is 0.416 e. The number of alkyl halides is 3. The van der Waals surface area contributed by atoms with Crippen LogP contribution in [0.15, 0.2) is 40.6 Å². The molecule has 2 aromatic rings. The Bertz CT molecular complexity index is 1080. The first-order valence-corrected chi connectivity index (χ1v) is 11.1. The molecule has 11 heteroatoms. The van der Waals surface area contributed by atoms with E-state index < -0.39 is 27.7 Å². The van der Waals surface area contributed by atoms with Gasteiger partial charge in [0.05, 0.1) is 25.3 Å². The highest BCUT2D eigenvalue weighted by molar-refractivity contribution is 7.89. The Balaban J connectivity index is 1.67. The molecule has 0 aliphatic carbocycles. The zero-order valence-corrected chi connectivity index (χ0v) is 17.2. The van der Waals surface area contributed by atoms with Crippen LogP contribution in [0.5, 0.6) is 0 Å². The highest BCUT2D eigenvalue weighted by Crippen LogP contribution is 2.29. The number of nitrogens with one attached hydrogen (secondary N) is 1. The molecule has 2 heterocycles. The molecule has 0 radical (unpaired) electrons. The molecular formula is C19H17F3N2O4S2. The monoisotopic (exact) mass is 458 g/mol. The van der Waals surface area contributed by atoms with Crippen molar-refractivity contribution in [2.75, 3.05) is 32.8 Å². The van der Waals surface area contributed by atoms with Crippen LogP contribution in [-0.4, -0.2) is 51.5 Å². The summed E-state index contributed by atoms with van der Waals surface area (Å²) in [6, 6.07) is 5.91. The first-order valence-electron chi connectivity index (χ1n) is 8.79. The standard InChI is InChI=1S/C19H17F3N2O4S2/c20-19(21,22)15-5-1-3-14(13-15)4-2-7-23-18(25)17-16(6-12-29-17)30(26,27)24-8-10-28-11-9-24/h1,3,5-6,12-13H,7-11H2,(H,23,25). The van der Waals surface area contributed by atoms with E-state index in [2.05, 4.69) is 17.2 Å². The van der Waals surface area contributed by atoms with Gasteiger partial charge in [-0.15, -0.1) is 11.3 Å². The van der Waals surface area contributed by atoms with Crippen LogP contribution >= 0.6 is 11.3 Å². The third kappa shape index (κ3) is 5.20. The number of ether oxygens (including phenoxy) is 1. The summed E-state index contributed by atoms with van der Waals surface area (Å²) in [4.78, 5) is 12.4. The second-order valence-electron chi connectivity index (χ2n) is 6.19. The lowest BCUT2D eigenvalue weighted by Crippen LogP contribution is -2.41. The summed E-state index contributed by atoms with van der Waals surface area (Å²) in [5.41, 5.74) is -0.652. The van der Waals surface area contributed by atoms with E-state index in [0.29, 0.717) is 0 Å². The van der Waals surface area contributed by atoms with E-state index in [4.69, 9.17) is 4.74 Å². The number of sulfonamides is 1. The molecule has 0 bridgehead atoms. The Kier molecular flexibility index (Phi) is 6.82. The van der Waals surface area contributed by atoms with Gasteiger partial charge in [-0.2, -0.15) is 17.5 Å². The van der Waals surface area contributed by atoms with Gasteiger partial charge in [-0.25, -0.2) is 8.42 Å². The van der Waals surface area contributed by atoms with Crippen molar-refractivity contribution in [3.05, 3.63) is 51.7 Å². The van der Waals surface area contributed by atoms with Gasteiger partial charge in [0.2, 0.25) is 10.0 Å². The van der Waals surface area contributed by atoms with E-state index in [9.17, 15) is 26.4 Å². The van der Waals surface area contributed by atoms with Gasteiger partial charge in [-0.05, 0) is 29.6 Å². The predicted octanol–water partition coefficient (Wildman–Crippen LogP) is 2.57. The van der Waals surface area contributed by atoms with Crippen molar-refractivity contribution in [3.63, 3.8) is 0 Å². The number of amides is 1. The Morgan fingerprint density at radius 3 is 2.67 bits per heavy atom. The number of hydrogen-bond donors (Lipinski definition) is 1. The molecule has 1 aromatic heterocycles. The van der Waals surface area contributed by atoms with Crippen LogP contribution in [0.1, 0.15) is 20.8 Å². The van der Waals surface area contributed by atoms with E-state index >= 15 is 0 Å². The first-order chi connectivity index (χ1) is 14.2. The molecule has 0 atom stereocenters. The Hall–Kier alpha value is -2.39. The molecule has 1 amide bonds. The summed E-state index contributed by atoms with van der Waals surface area (Å²) in [7, 11) is -3.83. The van der Waals surface area contributed by atoms with Gasteiger partial charge in [-0.1, -0.05) is 17.9 Å². The molecular weight excluding hydrogens is 441 g/mol. The molecule has 1 N–H and O–H groups in total. The highest BCUT2D eigenvalue weighted by Gasteiger charge is 2.31. The molecule has 1 aliphatic rings. The average Bonchev–Trinajstić information content (AvgIpc) is 3.22. The van der Waals surface area contributed by atoms with Crippen molar-refractivity contribution >= 4 is 27.3 Å². The number of nitrogens with zero attached hydrogens (tertiary/aromatic N) is 1. The summed E-state index contributed by atoms with van der Waals surface area (Å²) >= 11 is 0.985. The van der Waals surface area contributed by atoms with Crippen LogP contribution in [-0.2, 0) is 20.9 Å². The van der Waals surface area contributed by atoms with Crippen LogP contribution in [0.2, 0.25) is 0 Å². The van der Waals surface area contributed by atoms with Gasteiger partial charge >= 0.3 is 6.18 Å². The van der Waals surface area contributed by atoms with Gasteiger partial charge in [0.25, 0.3) is 5.91 Å². The molecule has 160 valence electrons. The van der Waals surface area contributed by atoms with Gasteiger partial charge in [0.1, 0.15) is 9.77 Å². The van der Waals surface area contributed by atoms with Crippen molar-refractivity contribution in [1.82, 2.24) is 9.62 Å². The fourth-order valence-electron chi connectivity index (χ4n) is 2.72. The summed E-state index contributed by atoms with van der Waals surface area (Å²) in [5, 5.41) is 3.99. The van der Waals surface area contributed by atoms with E-state index in [1.165, 1.54) is 27.9 Å². The highest BCUT2D eigenvalue weighted by atomic mass is 32.2. The van der Waals surface area contributed by atoms with Gasteiger partial charge in [-0.3, -0.25) is 4.79 Å². The molecule has 30 heavy (non-hydrogen) atoms. The number of halogens is 3. The van der Waals surface area contributed by atoms with E-state index in [1.807, 2.05) is 0 Å². The number of benzene rings is 1. The minimum absolute atomic E-state index is 0.0300. The topological polar surface area (TPSA) is 75.7 Å². The number of carbonyl (C=O) groups excluding carboxylic acids is 1. The minimum atomic E-state index is -4.46. The van der Waals surface area contributed by atoms with Crippen LogP contribution in [0.4, 0.5) is 13.2 Å². The largest absolute Gasteiger partial charge is 0.416 e. The molecule has 1 aliphatic heterocycles. The van der Waals surface area contributed by atoms with E-state index in [0.717, 1.165) is 23.5 Å². The fourth-order valence-corrected chi connectivity index (χ4v) is 5.44. The van der Waals surface area contributed by atoms with Crippen molar-refractivity contribution in [2.45, 2.75) is 11.1 Å². The lowest BCUT2D eigenvalue weighted by Gasteiger charge is -2.25. The van der Waals surface area contributed by atoms with Crippen LogP contribution < -0.4 is 5.32 Å². The van der Waals surface area contributed by atoms with Crippen molar-refractivity contribution in [1.29, 1.82) is 0 Å². The van der Waals surface area contributed by atoms with Gasteiger partial charge in [0, 0.05) is 18.7 Å². The summed E-state index contributed by atoms with van der Waals surface area (Å²) in [6.45, 7) is 0.847. The molecule has 1 aromatic carbocycles. The average molecular weight is 458 g/mol. The van der Waals surface area contributed by atoms with Gasteiger partial charge in [0.15, 0.2) is 0 Å². The second-order valence-corrected chi connectivity index (χ2v) is 9.02. The molecule has 0 spiro atoms. The van der Waals surface area contributed by atoms with Gasteiger partial charge < -0.3 is 10.1 Å². The normalized spacial score (nSPS) is 15.3. The third-order valence-corrected chi connectivity index (χ3v) is 7.17. The molecule has 0 unspecified atom stereocenters. The van der Waals surface area contributed by atoms with Crippen LogP contribution in [0.3, 0.4) is 0 Å². The maximum atomic E-state index is 12.8. The fraction of sp³-hybridized carbons (Fsp3) is 0.316. The number of carbonyl (C=O) groups is 1. The zero-order chi connectivity index (χ0) is 21.8. The smallest absolute Gasteiger partial charge is 0.379 e. The zero-order valence-electron chi connectivity index (χ0n) is 15.5. The number of morpholine rings is 1. The van der Waals surface area contributed by atoms with E-state index in [1.54, 1.807) is 0 Å². The lowest BCUT2D eigenvalue weighted by atomic mass is 10.1. The Morgan fingerprint density at radius 1 is 1.23 bits per heavy atom. The SMILES string of the molecule is O=C(NCC#Cc1cccc(C(F)(F)F)c1)c1sccc1S(=O)(=O)N1CCOCC1. The quantitative estimate of drug-likeness (QED) is 0.715. The Labute approximate surface area is 175 Å². The molecule has 1 saturated heterocycles. The third-order valence-electron chi connectivity index (χ3n) is 4.18. The van der Waals surface area contributed by atoms with E-state index in [-0.39, 0.29) is 48.2 Å². The van der Waals surface area contributed by atoms with Crippen LogP contribution in [0.25, 0.3) is 0 Å². The summed E-state index contributed by atoms with van der Waals surface area (Å²) in [6.07, 6.45) is -4.46. The molecule has 3 rings (SSSR count). The number of thiophene rings is 1. The molecule has 1 fully saturated rings. The van der Waals surface area contributed by atoms with Crippen molar-refractivity contribution < 1.29 is 31.1 Å². The summed E-state index contributed by atoms with van der Waals surface area (Å²) in [5.74, 6) is 4.51. The Morgan fingerprint density at radius 2 is 1.97 bits per heavy atom. The maximum absolute atomic E-state index is 12.8. The van der Waals surface area contributed by atoms with Crippen LogP contribution in [0, 0.1) is 11.8 Å². The summed E-state index contributed by atoms with van der Waals surface area (Å²) < 4.78 is 70.2. The predicted molar refractivity (Wildman–Crippen MR) is 105 cm³/mol. The second kappa shape index (κ2) is 9.18. The number of hydrogen-bond acceptors (Lipinski definition) is 5. The van der Waals surface area contributed by atoms with Crippen molar-refractivity contribution in [2.24, 2.45) is 0 Å². The first kappa shape index (κ1) is 22.3. The van der Waals surface area contributed by atoms with Crippen molar-refractivity contribution in [3.8, 4) is 11.8 Å². The lowest BCUT2D eigenvalue weighted by molar-refractivity contribution is -0.137. The molecule has 6 nitrogen and oxygen atoms in total. The number of rotatable bonds is 4. The molecule has 0 saturated carbocycles.